The Hall–Kier alpha value is -3.48. The zero-order chi connectivity index (χ0) is 18.6. The summed E-state index contributed by atoms with van der Waals surface area (Å²) in [5.41, 5.74) is 1.99. The molecule has 0 atom stereocenters. The topological polar surface area (TPSA) is 71.8 Å². The van der Waals surface area contributed by atoms with E-state index in [0.717, 1.165) is 34.9 Å². The van der Waals surface area contributed by atoms with Crippen molar-refractivity contribution in [2.45, 2.75) is 13.5 Å². The minimum atomic E-state index is 0.685. The summed E-state index contributed by atoms with van der Waals surface area (Å²) >= 11 is 0. The normalized spacial score (nSPS) is 10.9. The van der Waals surface area contributed by atoms with Crippen LogP contribution in [0.4, 0.5) is 17.5 Å². The molecule has 0 fully saturated rings. The number of nitrogens with one attached hydrogen (secondary N) is 1. The van der Waals surface area contributed by atoms with Gasteiger partial charge in [0.1, 0.15) is 23.8 Å². The number of pyridine rings is 1. The number of anilines is 3. The molecule has 0 aliphatic heterocycles. The first-order valence-electron chi connectivity index (χ1n) is 8.89. The van der Waals surface area contributed by atoms with Gasteiger partial charge in [0.05, 0.1) is 24.5 Å². The number of hydrogen-bond donors (Lipinski definition) is 1. The molecule has 0 spiro atoms. The van der Waals surface area contributed by atoms with Crippen LogP contribution in [-0.2, 0) is 6.54 Å². The van der Waals surface area contributed by atoms with E-state index in [1.54, 1.807) is 18.7 Å². The van der Waals surface area contributed by atoms with Crippen molar-refractivity contribution in [3.8, 4) is 0 Å². The van der Waals surface area contributed by atoms with Crippen molar-refractivity contribution in [1.29, 1.82) is 0 Å². The van der Waals surface area contributed by atoms with Crippen LogP contribution in [0.15, 0.2) is 61.2 Å². The van der Waals surface area contributed by atoms with E-state index < -0.39 is 0 Å². The summed E-state index contributed by atoms with van der Waals surface area (Å²) in [7, 11) is 2.01. The van der Waals surface area contributed by atoms with E-state index in [9.17, 15) is 0 Å². The molecule has 7 heteroatoms. The van der Waals surface area contributed by atoms with Crippen LogP contribution in [0.3, 0.4) is 0 Å². The molecule has 0 saturated heterocycles. The second-order valence-electron chi connectivity index (χ2n) is 6.28. The van der Waals surface area contributed by atoms with Crippen molar-refractivity contribution in [3.05, 3.63) is 66.7 Å². The number of nitrogens with zero attached hydrogens (tertiary/aromatic N) is 6. The molecule has 3 heterocycles. The Labute approximate surface area is 157 Å². The lowest BCUT2D eigenvalue weighted by atomic mass is 10.2. The standard InChI is InChI=1S/C20H21N7/c1-3-26(2)19-11-16-17(12-21-19)22-14-23-20(16)25-18-9-10-24-27(18)13-15-7-5-4-6-8-15/h4-12,14H,3,13H2,1-2H3,(H,22,23,25). The molecule has 0 amide bonds. The van der Waals surface area contributed by atoms with Crippen LogP contribution in [0.5, 0.6) is 0 Å². The summed E-state index contributed by atoms with van der Waals surface area (Å²) in [6.45, 7) is 3.65. The van der Waals surface area contributed by atoms with Crippen LogP contribution < -0.4 is 10.2 Å². The molecule has 7 nitrogen and oxygen atoms in total. The summed E-state index contributed by atoms with van der Waals surface area (Å²) in [6.07, 6.45) is 5.12. The molecular formula is C20H21N7. The smallest absolute Gasteiger partial charge is 0.143 e. The number of aromatic nitrogens is 5. The third kappa shape index (κ3) is 3.57. The summed E-state index contributed by atoms with van der Waals surface area (Å²) in [6, 6.07) is 14.2. The molecule has 1 aromatic carbocycles. The van der Waals surface area contributed by atoms with Crippen LogP contribution in [0.25, 0.3) is 10.9 Å². The van der Waals surface area contributed by atoms with Gasteiger partial charge in [-0.25, -0.2) is 19.6 Å². The van der Waals surface area contributed by atoms with Gasteiger partial charge in [0.2, 0.25) is 0 Å². The average molecular weight is 359 g/mol. The van der Waals surface area contributed by atoms with Gasteiger partial charge in [-0.05, 0) is 18.6 Å². The molecule has 0 radical (unpaired) electrons. The van der Waals surface area contributed by atoms with Crippen molar-refractivity contribution < 1.29 is 0 Å². The molecule has 0 bridgehead atoms. The number of fused-ring (bicyclic) bond motifs is 1. The summed E-state index contributed by atoms with van der Waals surface area (Å²) in [5, 5.41) is 8.77. The minimum absolute atomic E-state index is 0.685. The lowest BCUT2D eigenvalue weighted by molar-refractivity contribution is 0.695. The Kier molecular flexibility index (Phi) is 4.65. The second-order valence-corrected chi connectivity index (χ2v) is 6.28. The average Bonchev–Trinajstić information content (AvgIpc) is 3.14. The van der Waals surface area contributed by atoms with Crippen molar-refractivity contribution in [3.63, 3.8) is 0 Å². The molecule has 0 aliphatic carbocycles. The van der Waals surface area contributed by atoms with Crippen LogP contribution in [0.1, 0.15) is 12.5 Å². The molecule has 1 N–H and O–H groups in total. The van der Waals surface area contributed by atoms with Gasteiger partial charge in [-0.1, -0.05) is 30.3 Å². The maximum absolute atomic E-state index is 4.48. The Morgan fingerprint density at radius 1 is 1.07 bits per heavy atom. The Bertz CT molecular complexity index is 1040. The van der Waals surface area contributed by atoms with Gasteiger partial charge >= 0.3 is 0 Å². The molecule has 0 saturated carbocycles. The number of hydrogen-bond acceptors (Lipinski definition) is 6. The van der Waals surface area contributed by atoms with Crippen molar-refractivity contribution in [2.24, 2.45) is 0 Å². The van der Waals surface area contributed by atoms with E-state index in [1.165, 1.54) is 5.56 Å². The van der Waals surface area contributed by atoms with Crippen molar-refractivity contribution >= 4 is 28.4 Å². The molecule has 3 aromatic heterocycles. The van der Waals surface area contributed by atoms with Crippen LogP contribution >= 0.6 is 0 Å². The predicted octanol–water partition coefficient (Wildman–Crippen LogP) is 3.47. The maximum atomic E-state index is 4.48. The Morgan fingerprint density at radius 2 is 1.93 bits per heavy atom. The highest BCUT2D eigenvalue weighted by Crippen LogP contribution is 2.25. The first-order chi connectivity index (χ1) is 13.2. The number of benzene rings is 1. The van der Waals surface area contributed by atoms with Gasteiger partial charge in [0, 0.05) is 25.0 Å². The maximum Gasteiger partial charge on any atom is 0.143 e. The van der Waals surface area contributed by atoms with Gasteiger partial charge in [-0.2, -0.15) is 5.10 Å². The fourth-order valence-corrected chi connectivity index (χ4v) is 2.86. The van der Waals surface area contributed by atoms with E-state index in [0.29, 0.717) is 6.54 Å². The lowest BCUT2D eigenvalue weighted by Gasteiger charge is -2.16. The molecule has 0 unspecified atom stereocenters. The minimum Gasteiger partial charge on any atom is -0.360 e. The second kappa shape index (κ2) is 7.41. The van der Waals surface area contributed by atoms with E-state index in [2.05, 4.69) is 49.3 Å². The molecular weight excluding hydrogens is 338 g/mol. The first-order valence-corrected chi connectivity index (χ1v) is 8.89. The quantitative estimate of drug-likeness (QED) is 0.568. The van der Waals surface area contributed by atoms with E-state index >= 15 is 0 Å². The monoisotopic (exact) mass is 359 g/mol. The van der Waals surface area contributed by atoms with Crippen LogP contribution in [0, 0.1) is 0 Å². The van der Waals surface area contributed by atoms with Crippen molar-refractivity contribution in [1.82, 2.24) is 24.7 Å². The highest BCUT2D eigenvalue weighted by atomic mass is 15.3. The van der Waals surface area contributed by atoms with Gasteiger partial charge in [0.25, 0.3) is 0 Å². The highest BCUT2D eigenvalue weighted by molar-refractivity contribution is 5.91. The largest absolute Gasteiger partial charge is 0.360 e. The first kappa shape index (κ1) is 17.0. The van der Waals surface area contributed by atoms with E-state index in [-0.39, 0.29) is 0 Å². The molecule has 27 heavy (non-hydrogen) atoms. The molecule has 4 aromatic rings. The third-order valence-corrected chi connectivity index (χ3v) is 4.51. The SMILES string of the molecule is CCN(C)c1cc2c(Nc3ccnn3Cc3ccccc3)ncnc2cn1. The van der Waals surface area contributed by atoms with Gasteiger partial charge in [-0.15, -0.1) is 0 Å². The van der Waals surface area contributed by atoms with E-state index in [4.69, 9.17) is 0 Å². The number of rotatable bonds is 6. The summed E-state index contributed by atoms with van der Waals surface area (Å²) < 4.78 is 1.92. The third-order valence-electron chi connectivity index (χ3n) is 4.51. The fraction of sp³-hybridized carbons (Fsp3) is 0.200. The lowest BCUT2D eigenvalue weighted by Crippen LogP contribution is -2.17. The van der Waals surface area contributed by atoms with Crippen LogP contribution in [-0.4, -0.2) is 38.3 Å². The predicted molar refractivity (Wildman–Crippen MR) is 107 cm³/mol. The zero-order valence-corrected chi connectivity index (χ0v) is 15.4. The van der Waals surface area contributed by atoms with E-state index in [1.807, 2.05) is 42.1 Å². The van der Waals surface area contributed by atoms with Gasteiger partial charge in [0.15, 0.2) is 0 Å². The Morgan fingerprint density at radius 3 is 2.74 bits per heavy atom. The summed E-state index contributed by atoms with van der Waals surface area (Å²) in [5.74, 6) is 2.50. The highest BCUT2D eigenvalue weighted by Gasteiger charge is 2.10. The zero-order valence-electron chi connectivity index (χ0n) is 15.4. The molecule has 4 rings (SSSR count). The van der Waals surface area contributed by atoms with Crippen LogP contribution in [0.2, 0.25) is 0 Å². The molecule has 136 valence electrons. The fourth-order valence-electron chi connectivity index (χ4n) is 2.86. The van der Waals surface area contributed by atoms with Crippen molar-refractivity contribution in [2.75, 3.05) is 23.8 Å². The van der Waals surface area contributed by atoms with Gasteiger partial charge in [-0.3, -0.25) is 0 Å². The summed E-state index contributed by atoms with van der Waals surface area (Å²) in [4.78, 5) is 15.3. The van der Waals surface area contributed by atoms with Gasteiger partial charge < -0.3 is 10.2 Å². The molecule has 0 aliphatic rings. The Balaban J connectivity index is 1.67.